The van der Waals surface area contributed by atoms with Crippen molar-refractivity contribution in [2.45, 2.75) is 19.8 Å². The molecule has 0 aromatic carbocycles. The van der Waals surface area contributed by atoms with Crippen molar-refractivity contribution in [3.63, 3.8) is 0 Å². The molecule has 1 atom stereocenters. The van der Waals surface area contributed by atoms with Gasteiger partial charge in [0.05, 0.1) is 6.61 Å². The smallest absolute Gasteiger partial charge is 0.284 e. The summed E-state index contributed by atoms with van der Waals surface area (Å²) in [4.78, 5) is 0. The van der Waals surface area contributed by atoms with E-state index in [2.05, 4.69) is 11.4 Å². The number of halogens is 1. The first-order valence-corrected chi connectivity index (χ1v) is 4.66. The zero-order valence-corrected chi connectivity index (χ0v) is 6.45. The Morgan fingerprint density at radius 2 is 2.38 bits per heavy atom. The van der Waals surface area contributed by atoms with Gasteiger partial charge in [0.15, 0.2) is 0 Å². The van der Waals surface area contributed by atoms with Crippen LogP contribution in [0.15, 0.2) is 0 Å². The summed E-state index contributed by atoms with van der Waals surface area (Å²) in [5, 5.41) is 8.39. The number of hydrogen-bond donors (Lipinski definition) is 0. The Hall–Kier alpha value is 0.260. The van der Waals surface area contributed by atoms with Gasteiger partial charge in [0, 0.05) is 0 Å². The van der Waals surface area contributed by atoms with E-state index >= 15 is 0 Å². The van der Waals surface area contributed by atoms with E-state index < -0.39 is 7.14 Å². The molecule has 0 aliphatic carbocycles. The molecule has 8 heavy (non-hydrogen) atoms. The lowest BCUT2D eigenvalue weighted by atomic mass is 10.4. The third-order valence-electron chi connectivity index (χ3n) is 0.696. The largest absolute Gasteiger partial charge is 0.297 e. The van der Waals surface area contributed by atoms with Gasteiger partial charge in [0.2, 0.25) is 0 Å². The van der Waals surface area contributed by atoms with Crippen molar-refractivity contribution in [2.75, 3.05) is 6.61 Å². The number of rotatable bonds is 3. The fourth-order valence-electron chi connectivity index (χ4n) is 0.284. The maximum atomic E-state index is 8.39. The van der Waals surface area contributed by atoms with Gasteiger partial charge in [0.1, 0.15) is 0 Å². The second-order valence-electron chi connectivity index (χ2n) is 1.41. The molecular weight excluding hydrogens is 144 g/mol. The molecule has 2 nitrogen and oxygen atoms in total. The van der Waals surface area contributed by atoms with E-state index in [1.807, 2.05) is 0 Å². The number of nitrogens with zero attached hydrogens (tertiary/aromatic N) is 1. The molecule has 0 saturated heterocycles. The fourth-order valence-corrected chi connectivity index (χ4v) is 0.771. The van der Waals surface area contributed by atoms with E-state index in [0.717, 1.165) is 12.8 Å². The van der Waals surface area contributed by atoms with Crippen LogP contribution in [0.5, 0.6) is 0 Å². The van der Waals surface area contributed by atoms with Gasteiger partial charge in [-0.15, -0.1) is 0 Å². The molecular formula is C4H9ClNOP. The predicted molar refractivity (Wildman–Crippen MR) is 35.4 cm³/mol. The van der Waals surface area contributed by atoms with Gasteiger partial charge in [-0.05, 0) is 17.7 Å². The minimum absolute atomic E-state index is 0.572. The third kappa shape index (κ3) is 6.26. The van der Waals surface area contributed by atoms with Crippen molar-refractivity contribution in [1.82, 2.24) is 0 Å². The molecule has 1 unspecified atom stereocenters. The van der Waals surface area contributed by atoms with Gasteiger partial charge in [-0.2, -0.15) is 5.00 Å². The number of hydrogen-bond acceptors (Lipinski definition) is 2. The lowest BCUT2D eigenvalue weighted by Crippen LogP contribution is -1.80. The minimum atomic E-state index is -1.64. The molecule has 0 rings (SSSR count). The highest BCUT2D eigenvalue weighted by molar-refractivity contribution is 7.68. The molecule has 0 aromatic rings. The summed E-state index contributed by atoms with van der Waals surface area (Å²) in [5.41, 5.74) is 0. The average molecular weight is 154 g/mol. The van der Waals surface area contributed by atoms with Gasteiger partial charge >= 0.3 is 0 Å². The molecule has 0 spiro atoms. The Morgan fingerprint density at radius 3 is 2.75 bits per heavy atom. The first kappa shape index (κ1) is 8.26. The van der Waals surface area contributed by atoms with E-state index in [1.165, 1.54) is 0 Å². The van der Waals surface area contributed by atoms with Crippen LogP contribution in [0.25, 0.3) is 0 Å². The van der Waals surface area contributed by atoms with Crippen LogP contribution >= 0.6 is 18.4 Å². The highest BCUT2D eigenvalue weighted by Gasteiger charge is 1.87. The van der Waals surface area contributed by atoms with Crippen molar-refractivity contribution in [1.29, 1.82) is 5.00 Å². The van der Waals surface area contributed by atoms with Crippen LogP contribution in [0, 0.1) is 5.00 Å². The Labute approximate surface area is 55.0 Å². The molecule has 0 saturated carbocycles. The summed E-state index contributed by atoms with van der Waals surface area (Å²) in [7, 11) is -1.64. The minimum Gasteiger partial charge on any atom is -0.297 e. The summed E-state index contributed by atoms with van der Waals surface area (Å²) in [6, 6.07) is 0. The molecule has 0 aliphatic rings. The maximum absolute atomic E-state index is 8.39. The predicted octanol–water partition coefficient (Wildman–Crippen LogP) is 2.83. The van der Waals surface area contributed by atoms with Gasteiger partial charge in [-0.1, -0.05) is 13.3 Å². The molecule has 4 heteroatoms. The summed E-state index contributed by atoms with van der Waals surface area (Å²) >= 11 is 5.11. The summed E-state index contributed by atoms with van der Waals surface area (Å²) in [6.45, 7) is 2.62. The summed E-state index contributed by atoms with van der Waals surface area (Å²) < 4.78 is 4.67. The molecule has 48 valence electrons. The Bertz CT molecular complexity index is 108. The van der Waals surface area contributed by atoms with Crippen LogP contribution in [-0.2, 0) is 4.52 Å². The van der Waals surface area contributed by atoms with Crippen molar-refractivity contribution in [3.05, 3.63) is 0 Å². The zero-order chi connectivity index (χ0) is 6.41. The topological polar surface area (TPSA) is 33.0 Å². The average Bonchev–Trinajstić information content (AvgIpc) is 1.66. The van der Waals surface area contributed by atoms with E-state index in [4.69, 9.17) is 16.2 Å². The molecule has 0 aliphatic heterocycles. The SMILES string of the molecule is CCCCOP(#N)Cl. The summed E-state index contributed by atoms with van der Waals surface area (Å²) in [6.07, 6.45) is 2.03. The Kier molecular flexibility index (Phi) is 5.57. The van der Waals surface area contributed by atoms with E-state index in [0.29, 0.717) is 6.61 Å². The Morgan fingerprint density at radius 1 is 1.75 bits per heavy atom. The van der Waals surface area contributed by atoms with Crippen molar-refractivity contribution in [3.8, 4) is 0 Å². The summed E-state index contributed by atoms with van der Waals surface area (Å²) in [5.74, 6) is 0. The zero-order valence-electron chi connectivity index (χ0n) is 4.80. The highest BCUT2D eigenvalue weighted by atomic mass is 35.7. The Balaban J connectivity index is 2.86. The molecule has 0 radical (unpaired) electrons. The van der Waals surface area contributed by atoms with E-state index in [1.54, 1.807) is 0 Å². The highest BCUT2D eigenvalue weighted by Crippen LogP contribution is 2.24. The molecule has 0 aromatic heterocycles. The molecule has 0 fully saturated rings. The van der Waals surface area contributed by atoms with Crippen molar-refractivity contribution in [2.24, 2.45) is 0 Å². The second-order valence-corrected chi connectivity index (χ2v) is 2.99. The van der Waals surface area contributed by atoms with E-state index in [9.17, 15) is 0 Å². The van der Waals surface area contributed by atoms with Crippen LogP contribution < -0.4 is 0 Å². The van der Waals surface area contributed by atoms with Crippen molar-refractivity contribution < 1.29 is 4.52 Å². The first-order chi connectivity index (χ1) is 3.77. The van der Waals surface area contributed by atoms with Crippen LogP contribution in [0.4, 0.5) is 0 Å². The van der Waals surface area contributed by atoms with Gasteiger partial charge in [0.25, 0.3) is 7.14 Å². The van der Waals surface area contributed by atoms with E-state index in [-0.39, 0.29) is 0 Å². The first-order valence-electron chi connectivity index (χ1n) is 2.55. The molecule has 0 N–H and O–H groups in total. The molecule has 0 heterocycles. The normalized spacial score (nSPS) is 11.4. The van der Waals surface area contributed by atoms with Crippen LogP contribution in [0.2, 0.25) is 0 Å². The molecule has 0 bridgehead atoms. The molecule has 0 amide bonds. The van der Waals surface area contributed by atoms with Crippen molar-refractivity contribution >= 4 is 18.4 Å². The van der Waals surface area contributed by atoms with Gasteiger partial charge < -0.3 is 0 Å². The standard InChI is InChI=1S/C4H9ClNOP/c1-2-3-4-7-8(5)6/h2-4H2,1H3. The third-order valence-corrected chi connectivity index (χ3v) is 1.38. The van der Waals surface area contributed by atoms with Crippen LogP contribution in [0.1, 0.15) is 19.8 Å². The van der Waals surface area contributed by atoms with Gasteiger partial charge in [-0.3, -0.25) is 4.52 Å². The number of unbranched alkanes of at least 4 members (excludes halogenated alkanes) is 1. The lowest BCUT2D eigenvalue weighted by molar-refractivity contribution is 0.354. The lowest BCUT2D eigenvalue weighted by Gasteiger charge is -1.91. The quantitative estimate of drug-likeness (QED) is 0.461. The van der Waals surface area contributed by atoms with Gasteiger partial charge in [-0.25, -0.2) is 0 Å². The van der Waals surface area contributed by atoms with Crippen LogP contribution in [0.3, 0.4) is 0 Å². The maximum Gasteiger partial charge on any atom is 0.284 e. The second kappa shape index (κ2) is 5.40. The fraction of sp³-hybridized carbons (Fsp3) is 1.00. The van der Waals surface area contributed by atoms with Crippen LogP contribution in [-0.4, -0.2) is 6.61 Å². The monoisotopic (exact) mass is 153 g/mol.